The molecule has 0 unspecified atom stereocenters. The third-order valence-corrected chi connectivity index (χ3v) is 3.72. The summed E-state index contributed by atoms with van der Waals surface area (Å²) in [6.45, 7) is 3.97. The highest BCUT2D eigenvalue weighted by Crippen LogP contribution is 2.23. The van der Waals surface area contributed by atoms with Crippen molar-refractivity contribution < 1.29 is 14.7 Å². The number of benzene rings is 1. The van der Waals surface area contributed by atoms with Crippen LogP contribution in [0, 0.1) is 6.92 Å². The molecule has 0 saturated heterocycles. The number of aryl methyl sites for hydroxylation is 3. The van der Waals surface area contributed by atoms with E-state index in [1.54, 1.807) is 12.1 Å². The zero-order valence-corrected chi connectivity index (χ0v) is 12.8. The third kappa shape index (κ3) is 3.19. The molecule has 1 amide bonds. The lowest BCUT2D eigenvalue weighted by Gasteiger charge is -2.16. The van der Waals surface area contributed by atoms with Gasteiger partial charge in [0.15, 0.2) is 0 Å². The molecule has 0 atom stereocenters. The molecule has 0 aliphatic carbocycles. The number of nitrogens with two attached hydrogens (primary N) is 1. The monoisotopic (exact) mass is 300 g/mol. The second-order valence-corrected chi connectivity index (χ2v) is 5.26. The zero-order valence-electron chi connectivity index (χ0n) is 12.8. The quantitative estimate of drug-likeness (QED) is 0.859. The highest BCUT2D eigenvalue weighted by atomic mass is 16.4. The molecule has 22 heavy (non-hydrogen) atoms. The molecule has 1 aromatic carbocycles. The number of aliphatic carboxylic acids is 1. The second kappa shape index (κ2) is 6.47. The Hall–Kier alpha value is -2.56. The van der Waals surface area contributed by atoms with Gasteiger partial charge in [-0.3, -0.25) is 9.59 Å². The number of carboxylic acids is 1. The number of carboxylic acid groups (broad SMARTS) is 1. The lowest BCUT2D eigenvalue weighted by molar-refractivity contribution is -0.136. The number of hydrogen-bond donors (Lipinski definition) is 2. The molecule has 0 aliphatic heterocycles. The van der Waals surface area contributed by atoms with E-state index in [2.05, 4.69) is 11.5 Å². The van der Waals surface area contributed by atoms with Gasteiger partial charge in [-0.15, -0.1) is 0 Å². The van der Waals surface area contributed by atoms with Crippen molar-refractivity contribution in [1.29, 1.82) is 0 Å². The van der Waals surface area contributed by atoms with Crippen LogP contribution in [0.2, 0.25) is 0 Å². The fourth-order valence-corrected chi connectivity index (χ4v) is 2.60. The van der Waals surface area contributed by atoms with Gasteiger partial charge in [-0.2, -0.15) is 0 Å². The van der Waals surface area contributed by atoms with Crippen molar-refractivity contribution in [1.82, 2.24) is 4.57 Å². The molecule has 1 heterocycles. The number of nitrogens with zero attached hydrogens (tertiary/aromatic N) is 1. The van der Waals surface area contributed by atoms with E-state index in [0.717, 1.165) is 29.1 Å². The zero-order chi connectivity index (χ0) is 16.3. The molecular weight excluding hydrogens is 280 g/mol. The second-order valence-electron chi connectivity index (χ2n) is 5.26. The lowest BCUT2D eigenvalue weighted by Crippen LogP contribution is -2.12. The summed E-state index contributed by atoms with van der Waals surface area (Å²) in [4.78, 5) is 22.1. The van der Waals surface area contributed by atoms with Crippen LogP contribution in [-0.4, -0.2) is 21.6 Å². The Bertz CT molecular complexity index is 717. The Morgan fingerprint density at radius 1 is 1.18 bits per heavy atom. The normalized spacial score (nSPS) is 10.6. The Morgan fingerprint density at radius 3 is 2.41 bits per heavy atom. The fourth-order valence-electron chi connectivity index (χ4n) is 2.60. The van der Waals surface area contributed by atoms with Gasteiger partial charge in [-0.1, -0.05) is 6.92 Å². The van der Waals surface area contributed by atoms with Crippen molar-refractivity contribution in [2.24, 2.45) is 5.73 Å². The summed E-state index contributed by atoms with van der Waals surface area (Å²) in [6.07, 6.45) is 1.39. The van der Waals surface area contributed by atoms with E-state index in [9.17, 15) is 9.59 Å². The number of hydrogen-bond acceptors (Lipinski definition) is 2. The van der Waals surface area contributed by atoms with Gasteiger partial charge in [-0.05, 0) is 55.7 Å². The number of aromatic nitrogens is 1. The van der Waals surface area contributed by atoms with Gasteiger partial charge in [0.25, 0.3) is 0 Å². The van der Waals surface area contributed by atoms with E-state index in [-0.39, 0.29) is 6.42 Å². The Balaban J connectivity index is 2.48. The van der Waals surface area contributed by atoms with Crippen LogP contribution in [0.4, 0.5) is 0 Å². The van der Waals surface area contributed by atoms with Gasteiger partial charge in [0.1, 0.15) is 0 Å². The standard InChI is InChI=1S/C17H20N2O3/c1-3-13-5-6-14(7-9-16(20)21)19(13)15-8-4-12(17(18)22)10-11(15)2/h4-6,8,10H,3,7,9H2,1-2H3,(H2,18,22)(H,20,21). The molecule has 0 saturated carbocycles. The van der Waals surface area contributed by atoms with Crippen molar-refractivity contribution >= 4 is 11.9 Å². The van der Waals surface area contributed by atoms with E-state index in [4.69, 9.17) is 10.8 Å². The van der Waals surface area contributed by atoms with Crippen LogP contribution >= 0.6 is 0 Å². The number of amides is 1. The van der Waals surface area contributed by atoms with Crippen LogP contribution in [0.5, 0.6) is 0 Å². The molecule has 5 nitrogen and oxygen atoms in total. The highest BCUT2D eigenvalue weighted by molar-refractivity contribution is 5.93. The Kier molecular flexibility index (Phi) is 4.65. The van der Waals surface area contributed by atoms with E-state index in [1.165, 1.54) is 0 Å². The first-order chi connectivity index (χ1) is 10.4. The summed E-state index contributed by atoms with van der Waals surface area (Å²) in [5.41, 5.74) is 9.72. The average molecular weight is 300 g/mol. The van der Waals surface area contributed by atoms with Crippen LogP contribution in [0.15, 0.2) is 30.3 Å². The van der Waals surface area contributed by atoms with E-state index < -0.39 is 11.9 Å². The summed E-state index contributed by atoms with van der Waals surface area (Å²) >= 11 is 0. The van der Waals surface area contributed by atoms with E-state index in [1.807, 2.05) is 25.1 Å². The molecule has 0 aliphatic rings. The van der Waals surface area contributed by atoms with Crippen LogP contribution in [0.3, 0.4) is 0 Å². The molecule has 116 valence electrons. The minimum Gasteiger partial charge on any atom is -0.481 e. The topological polar surface area (TPSA) is 85.3 Å². The first-order valence-electron chi connectivity index (χ1n) is 7.26. The van der Waals surface area contributed by atoms with Gasteiger partial charge in [0, 0.05) is 22.6 Å². The molecule has 2 rings (SSSR count). The maximum absolute atomic E-state index is 11.3. The molecule has 2 aromatic rings. The molecule has 0 bridgehead atoms. The fraction of sp³-hybridized carbons (Fsp3) is 0.294. The lowest BCUT2D eigenvalue weighted by atomic mass is 10.1. The van der Waals surface area contributed by atoms with Crippen molar-refractivity contribution in [2.75, 3.05) is 0 Å². The molecule has 0 radical (unpaired) electrons. The minimum atomic E-state index is -0.813. The average Bonchev–Trinajstić information content (AvgIpc) is 2.87. The third-order valence-electron chi connectivity index (χ3n) is 3.72. The molecular formula is C17H20N2O3. The van der Waals surface area contributed by atoms with Crippen LogP contribution in [0.25, 0.3) is 5.69 Å². The van der Waals surface area contributed by atoms with Gasteiger partial charge in [0.2, 0.25) is 5.91 Å². The maximum atomic E-state index is 11.3. The van der Waals surface area contributed by atoms with Crippen molar-refractivity contribution in [3.63, 3.8) is 0 Å². The van der Waals surface area contributed by atoms with Crippen molar-refractivity contribution in [3.05, 3.63) is 52.8 Å². The smallest absolute Gasteiger partial charge is 0.303 e. The van der Waals surface area contributed by atoms with Gasteiger partial charge in [-0.25, -0.2) is 0 Å². The van der Waals surface area contributed by atoms with Gasteiger partial charge in [0.05, 0.1) is 6.42 Å². The number of primary amides is 1. The predicted octanol–water partition coefficient (Wildman–Crippen LogP) is 2.46. The summed E-state index contributed by atoms with van der Waals surface area (Å²) in [6, 6.07) is 9.30. The summed E-state index contributed by atoms with van der Waals surface area (Å²) in [5.74, 6) is -1.27. The Morgan fingerprint density at radius 2 is 1.86 bits per heavy atom. The largest absolute Gasteiger partial charge is 0.481 e. The molecule has 0 fully saturated rings. The molecule has 0 spiro atoms. The first kappa shape index (κ1) is 15.8. The number of carbonyl (C=O) groups is 2. The molecule has 5 heteroatoms. The number of rotatable bonds is 6. The minimum absolute atomic E-state index is 0.0889. The van der Waals surface area contributed by atoms with Crippen LogP contribution in [0.1, 0.15) is 40.7 Å². The predicted molar refractivity (Wildman–Crippen MR) is 84.4 cm³/mol. The van der Waals surface area contributed by atoms with Gasteiger partial charge >= 0.3 is 5.97 Å². The van der Waals surface area contributed by atoms with Crippen molar-refractivity contribution in [3.8, 4) is 5.69 Å². The van der Waals surface area contributed by atoms with Crippen LogP contribution < -0.4 is 5.73 Å². The molecule has 3 N–H and O–H groups in total. The maximum Gasteiger partial charge on any atom is 0.303 e. The van der Waals surface area contributed by atoms with E-state index in [0.29, 0.717) is 12.0 Å². The Labute approximate surface area is 129 Å². The first-order valence-corrected chi connectivity index (χ1v) is 7.26. The number of carbonyl (C=O) groups excluding carboxylic acids is 1. The van der Waals surface area contributed by atoms with Crippen molar-refractivity contribution in [2.45, 2.75) is 33.1 Å². The van der Waals surface area contributed by atoms with E-state index >= 15 is 0 Å². The van der Waals surface area contributed by atoms with Crippen LogP contribution in [-0.2, 0) is 17.6 Å². The SMILES string of the molecule is CCc1ccc(CCC(=O)O)n1-c1ccc(C(N)=O)cc1C. The highest BCUT2D eigenvalue weighted by Gasteiger charge is 2.13. The summed E-state index contributed by atoms with van der Waals surface area (Å²) < 4.78 is 2.07. The van der Waals surface area contributed by atoms with Gasteiger partial charge < -0.3 is 15.4 Å². The summed E-state index contributed by atoms with van der Waals surface area (Å²) in [5, 5.41) is 8.89. The molecule has 1 aromatic heterocycles. The summed E-state index contributed by atoms with van der Waals surface area (Å²) in [7, 11) is 0.